The normalized spacial score (nSPS) is 10.1. The number of esters is 1. The zero-order valence-electron chi connectivity index (χ0n) is 7.44. The van der Waals surface area contributed by atoms with Crippen molar-refractivity contribution < 1.29 is 55.2 Å². The largest absolute Gasteiger partial charge is 0.745 e. The molecule has 13 heavy (non-hydrogen) atoms. The summed E-state index contributed by atoms with van der Waals surface area (Å²) in [6, 6.07) is 0. The second kappa shape index (κ2) is 6.76. The minimum atomic E-state index is -4.47. The zero-order chi connectivity index (χ0) is 9.78. The van der Waals surface area contributed by atoms with Crippen LogP contribution in [0, 0.1) is 5.92 Å². The number of carbonyl (C=O) groups is 1. The number of ether oxygens (including phenoxy) is 1. The standard InChI is InChI=1S/C6H11O5S.Y/c1-3-5(2)6(7)11-4-12(8,9)10;/h3-4H2,1-2H3,(H,8,9,10);/q-1;/p-1. The molecule has 75 valence electrons. The van der Waals surface area contributed by atoms with E-state index in [9.17, 15) is 17.8 Å². The van der Waals surface area contributed by atoms with E-state index in [4.69, 9.17) is 0 Å². The van der Waals surface area contributed by atoms with E-state index >= 15 is 0 Å². The van der Waals surface area contributed by atoms with Gasteiger partial charge in [0, 0.05) is 32.7 Å². The first kappa shape index (κ1) is 15.8. The maximum atomic E-state index is 10.8. The van der Waals surface area contributed by atoms with Crippen LogP contribution in [-0.2, 0) is 52.4 Å². The molecule has 0 saturated carbocycles. The van der Waals surface area contributed by atoms with Gasteiger partial charge in [-0.2, -0.15) is 13.3 Å². The van der Waals surface area contributed by atoms with E-state index in [2.05, 4.69) is 4.74 Å². The summed E-state index contributed by atoms with van der Waals surface area (Å²) in [7, 11) is -4.47. The Morgan fingerprint density at radius 3 is 2.31 bits per heavy atom. The summed E-state index contributed by atoms with van der Waals surface area (Å²) in [5.74, 6) is -1.45. The average Bonchev–Trinajstić information content (AvgIpc) is 1.97. The molecular weight excluding hydrogens is 273 g/mol. The van der Waals surface area contributed by atoms with Crippen LogP contribution in [0.3, 0.4) is 0 Å². The van der Waals surface area contributed by atoms with Gasteiger partial charge in [-0.25, -0.2) is 8.42 Å². The molecule has 0 atom stereocenters. The van der Waals surface area contributed by atoms with Gasteiger partial charge in [-0.3, -0.25) is 10.7 Å². The summed E-state index contributed by atoms with van der Waals surface area (Å²) in [4.78, 5) is 10.8. The predicted molar refractivity (Wildman–Crippen MR) is 39.9 cm³/mol. The topological polar surface area (TPSA) is 83.5 Å². The minimum absolute atomic E-state index is 0. The van der Waals surface area contributed by atoms with Gasteiger partial charge in [-0.05, 0) is 0 Å². The summed E-state index contributed by atoms with van der Waals surface area (Å²) in [5.41, 5.74) is 0. The van der Waals surface area contributed by atoms with Crippen LogP contribution in [0.25, 0.3) is 0 Å². The molecule has 0 aromatic heterocycles. The summed E-state index contributed by atoms with van der Waals surface area (Å²) in [5, 5.41) is 0. The molecule has 0 saturated heterocycles. The van der Waals surface area contributed by atoms with E-state index in [1.165, 1.54) is 6.92 Å². The van der Waals surface area contributed by atoms with E-state index in [1.54, 1.807) is 6.92 Å². The van der Waals surface area contributed by atoms with Crippen molar-refractivity contribution in [3.05, 3.63) is 5.92 Å². The fourth-order valence-corrected chi connectivity index (χ4v) is 0.645. The van der Waals surface area contributed by atoms with E-state index in [-0.39, 0.29) is 32.7 Å². The fourth-order valence-electron chi connectivity index (χ4n) is 0.393. The van der Waals surface area contributed by atoms with Crippen LogP contribution < -0.4 is 0 Å². The van der Waals surface area contributed by atoms with Crippen molar-refractivity contribution in [1.29, 1.82) is 0 Å². The Kier molecular flexibility index (Phi) is 8.22. The van der Waals surface area contributed by atoms with Gasteiger partial charge in [0.2, 0.25) is 0 Å². The van der Waals surface area contributed by atoms with Crippen molar-refractivity contribution >= 4 is 16.1 Å². The minimum Gasteiger partial charge on any atom is -0.745 e. The third-order valence-electron chi connectivity index (χ3n) is 1.21. The molecule has 0 aromatic rings. The third kappa shape index (κ3) is 8.68. The fraction of sp³-hybridized carbons (Fsp3) is 0.667. The molecular formula is C6H10O5SY-2. The van der Waals surface area contributed by atoms with Gasteiger partial charge in [0.25, 0.3) is 0 Å². The van der Waals surface area contributed by atoms with E-state index in [0.717, 1.165) is 0 Å². The van der Waals surface area contributed by atoms with Crippen LogP contribution >= 0.6 is 0 Å². The summed E-state index contributed by atoms with van der Waals surface area (Å²) < 4.78 is 34.2. The number of carbonyl (C=O) groups excluding carboxylic acids is 1. The number of hydrogen-bond acceptors (Lipinski definition) is 5. The first-order valence-electron chi connectivity index (χ1n) is 3.30. The monoisotopic (exact) mass is 283 g/mol. The van der Waals surface area contributed by atoms with Crippen LogP contribution in [0.4, 0.5) is 0 Å². The maximum absolute atomic E-state index is 10.8. The van der Waals surface area contributed by atoms with Gasteiger partial charge in [0.05, 0.1) is 0 Å². The molecule has 0 aromatic carbocycles. The second-order valence-corrected chi connectivity index (χ2v) is 3.59. The van der Waals surface area contributed by atoms with Crippen molar-refractivity contribution in [2.45, 2.75) is 20.3 Å². The summed E-state index contributed by atoms with van der Waals surface area (Å²) >= 11 is 0. The van der Waals surface area contributed by atoms with Crippen LogP contribution in [0.2, 0.25) is 0 Å². The van der Waals surface area contributed by atoms with E-state index in [1.807, 2.05) is 0 Å². The van der Waals surface area contributed by atoms with E-state index < -0.39 is 22.0 Å². The second-order valence-electron chi connectivity index (χ2n) is 2.24. The van der Waals surface area contributed by atoms with Gasteiger partial charge in [-0.1, -0.05) is 6.92 Å². The van der Waals surface area contributed by atoms with Crippen LogP contribution in [-0.4, -0.2) is 24.9 Å². The Hall–Kier alpha value is 0.354. The van der Waals surface area contributed by atoms with Crippen LogP contribution in [0.5, 0.6) is 0 Å². The molecule has 0 aliphatic heterocycles. The summed E-state index contributed by atoms with van der Waals surface area (Å²) in [6.07, 6.45) is 0.470. The van der Waals surface area contributed by atoms with Crippen molar-refractivity contribution in [3.63, 3.8) is 0 Å². The Morgan fingerprint density at radius 1 is 1.54 bits per heavy atom. The first-order chi connectivity index (χ1) is 5.37. The smallest absolute Gasteiger partial charge is 0.177 e. The third-order valence-corrected chi connectivity index (χ3v) is 1.62. The Morgan fingerprint density at radius 2 is 2.00 bits per heavy atom. The molecule has 0 amide bonds. The SMILES string of the molecule is CC[C-](C)C(=O)OCS(=O)(=O)[O-].[Y]. The van der Waals surface area contributed by atoms with Gasteiger partial charge in [0.1, 0.15) is 10.1 Å². The number of rotatable bonds is 4. The molecule has 0 heterocycles. The van der Waals surface area contributed by atoms with Crippen LogP contribution in [0.15, 0.2) is 0 Å². The van der Waals surface area contributed by atoms with Gasteiger partial charge < -0.3 is 9.29 Å². The summed E-state index contributed by atoms with van der Waals surface area (Å²) in [6.45, 7) is 3.24. The van der Waals surface area contributed by atoms with Gasteiger partial charge in [-0.15, -0.1) is 0 Å². The van der Waals surface area contributed by atoms with Crippen molar-refractivity contribution in [3.8, 4) is 0 Å². The van der Waals surface area contributed by atoms with Crippen molar-refractivity contribution in [2.75, 3.05) is 5.94 Å². The van der Waals surface area contributed by atoms with E-state index in [0.29, 0.717) is 12.3 Å². The zero-order valence-corrected chi connectivity index (χ0v) is 11.1. The van der Waals surface area contributed by atoms with Crippen LogP contribution in [0.1, 0.15) is 20.3 Å². The van der Waals surface area contributed by atoms with Gasteiger partial charge >= 0.3 is 0 Å². The van der Waals surface area contributed by atoms with Crippen molar-refractivity contribution in [1.82, 2.24) is 0 Å². The molecule has 0 aliphatic rings. The first-order valence-corrected chi connectivity index (χ1v) is 4.87. The average molecular weight is 283 g/mol. The Labute approximate surface area is 103 Å². The molecule has 0 unspecified atom stereocenters. The molecule has 1 radical (unpaired) electrons. The maximum Gasteiger partial charge on any atom is 0.177 e. The molecule has 0 N–H and O–H groups in total. The Bertz CT molecular complexity index is 248. The molecule has 5 nitrogen and oxygen atoms in total. The van der Waals surface area contributed by atoms with Crippen molar-refractivity contribution in [2.24, 2.45) is 0 Å². The number of hydrogen-bond donors (Lipinski definition) is 0. The molecule has 0 rings (SSSR count). The molecule has 0 aliphatic carbocycles. The molecule has 0 fully saturated rings. The molecule has 0 bridgehead atoms. The predicted octanol–water partition coefficient (Wildman–Crippen LogP) is 0.0342. The Balaban J connectivity index is 0. The molecule has 0 spiro atoms. The quantitative estimate of drug-likeness (QED) is 0.413. The molecule has 7 heteroatoms. The van der Waals surface area contributed by atoms with Gasteiger partial charge in [0.15, 0.2) is 11.9 Å².